The minimum absolute atomic E-state index is 0.0326. The maximum atomic E-state index is 12.7. The molecule has 0 saturated heterocycles. The van der Waals surface area contributed by atoms with Crippen LogP contribution in [0.2, 0.25) is 5.02 Å². The molecule has 170 valence electrons. The highest BCUT2D eigenvalue weighted by atomic mass is 35.5. The van der Waals surface area contributed by atoms with Crippen molar-refractivity contribution in [3.8, 4) is 5.75 Å². The summed E-state index contributed by atoms with van der Waals surface area (Å²) >= 11 is 7.55. The fraction of sp³-hybridized carbons (Fsp3) is 0.167. The smallest absolute Gasteiger partial charge is 0.352 e. The zero-order chi connectivity index (χ0) is 24.1. The monoisotopic (exact) mass is 484 g/mol. The SMILES string of the molecule is Cc1nc(C)c(C=C(NC(=O)c2ccc(C(=O)CCc3cccc(O)c3)cc2Cl)C(=O)O)s1. The number of nitrogens with zero attached hydrogens (tertiary/aromatic N) is 1. The van der Waals surface area contributed by atoms with Crippen molar-refractivity contribution < 1.29 is 24.6 Å². The predicted molar refractivity (Wildman–Crippen MR) is 127 cm³/mol. The number of Topliss-reactive ketones (excluding diaryl/α,β-unsaturated/α-hetero) is 1. The Hall–Kier alpha value is -3.49. The third-order valence-electron chi connectivity index (χ3n) is 4.78. The summed E-state index contributed by atoms with van der Waals surface area (Å²) in [6, 6.07) is 10.9. The lowest BCUT2D eigenvalue weighted by molar-refractivity contribution is -0.132. The molecule has 1 amide bonds. The first-order chi connectivity index (χ1) is 15.6. The summed E-state index contributed by atoms with van der Waals surface area (Å²) in [5, 5.41) is 22.2. The summed E-state index contributed by atoms with van der Waals surface area (Å²) in [6.07, 6.45) is 1.99. The molecule has 0 aliphatic heterocycles. The molecule has 33 heavy (non-hydrogen) atoms. The summed E-state index contributed by atoms with van der Waals surface area (Å²) in [5.74, 6) is -2.04. The van der Waals surface area contributed by atoms with Crippen molar-refractivity contribution in [1.82, 2.24) is 10.3 Å². The number of amides is 1. The van der Waals surface area contributed by atoms with Crippen molar-refractivity contribution in [2.24, 2.45) is 0 Å². The molecule has 0 saturated carbocycles. The van der Waals surface area contributed by atoms with Gasteiger partial charge < -0.3 is 15.5 Å². The minimum atomic E-state index is -1.30. The molecule has 0 unspecified atom stereocenters. The largest absolute Gasteiger partial charge is 0.508 e. The molecule has 0 fully saturated rings. The normalized spacial score (nSPS) is 11.3. The summed E-state index contributed by atoms with van der Waals surface area (Å²) in [6.45, 7) is 3.56. The van der Waals surface area contributed by atoms with Crippen molar-refractivity contribution in [3.05, 3.63) is 85.5 Å². The number of carbonyl (C=O) groups excluding carboxylic acids is 2. The summed E-state index contributed by atoms with van der Waals surface area (Å²) in [5.41, 5.74) is 1.56. The quantitative estimate of drug-likeness (QED) is 0.312. The maximum Gasteiger partial charge on any atom is 0.352 e. The Kier molecular flexibility index (Phi) is 7.63. The third-order valence-corrected chi connectivity index (χ3v) is 6.11. The van der Waals surface area contributed by atoms with E-state index in [0.717, 1.165) is 10.6 Å². The Labute approximate surface area is 199 Å². The number of ketones is 1. The average molecular weight is 485 g/mol. The molecule has 1 aromatic heterocycles. The van der Waals surface area contributed by atoms with Gasteiger partial charge in [0.25, 0.3) is 5.91 Å². The Morgan fingerprint density at radius 3 is 2.52 bits per heavy atom. The number of thiazole rings is 1. The first-order valence-corrected chi connectivity index (χ1v) is 11.1. The lowest BCUT2D eigenvalue weighted by atomic mass is 10.0. The molecule has 9 heteroatoms. The van der Waals surface area contributed by atoms with Gasteiger partial charge in [-0.1, -0.05) is 29.8 Å². The van der Waals surface area contributed by atoms with Crippen molar-refractivity contribution >= 4 is 46.7 Å². The highest BCUT2D eigenvalue weighted by Crippen LogP contribution is 2.22. The van der Waals surface area contributed by atoms with E-state index in [2.05, 4.69) is 10.3 Å². The van der Waals surface area contributed by atoms with Gasteiger partial charge in [0, 0.05) is 12.0 Å². The van der Waals surface area contributed by atoms with Crippen molar-refractivity contribution in [2.75, 3.05) is 0 Å². The number of phenolic OH excluding ortho intramolecular Hbond substituents is 1. The number of hydrogen-bond acceptors (Lipinski definition) is 6. The van der Waals surface area contributed by atoms with Crippen molar-refractivity contribution in [1.29, 1.82) is 0 Å². The minimum Gasteiger partial charge on any atom is -0.508 e. The van der Waals surface area contributed by atoms with Crippen LogP contribution in [0, 0.1) is 13.8 Å². The maximum absolute atomic E-state index is 12.7. The second-order valence-electron chi connectivity index (χ2n) is 7.29. The molecule has 3 rings (SSSR count). The summed E-state index contributed by atoms with van der Waals surface area (Å²) in [4.78, 5) is 41.7. The third kappa shape index (κ3) is 6.27. The van der Waals surface area contributed by atoms with E-state index in [1.54, 1.807) is 32.0 Å². The van der Waals surface area contributed by atoms with Crippen LogP contribution in [0.25, 0.3) is 6.08 Å². The van der Waals surface area contributed by atoms with Gasteiger partial charge in [-0.25, -0.2) is 9.78 Å². The first kappa shape index (κ1) is 24.2. The fourth-order valence-corrected chi connectivity index (χ4v) is 4.28. The second kappa shape index (κ2) is 10.4. The molecule has 0 bridgehead atoms. The predicted octanol–water partition coefficient (Wildman–Crippen LogP) is 4.79. The molecule has 0 spiro atoms. The average Bonchev–Trinajstić information content (AvgIpc) is 3.07. The van der Waals surface area contributed by atoms with Crippen LogP contribution in [0.3, 0.4) is 0 Å². The van der Waals surface area contributed by atoms with Gasteiger partial charge in [0.15, 0.2) is 5.78 Å². The van der Waals surface area contributed by atoms with Crippen LogP contribution in [0.4, 0.5) is 0 Å². The van der Waals surface area contributed by atoms with E-state index in [-0.39, 0.29) is 34.2 Å². The number of aromatic nitrogens is 1. The number of aromatic hydroxyl groups is 1. The molecule has 7 nitrogen and oxygen atoms in total. The van der Waals surface area contributed by atoms with Crippen LogP contribution in [0.1, 0.15) is 48.3 Å². The Balaban J connectivity index is 1.72. The first-order valence-electron chi connectivity index (χ1n) is 9.95. The van der Waals surface area contributed by atoms with E-state index in [0.29, 0.717) is 22.6 Å². The Morgan fingerprint density at radius 2 is 1.91 bits per heavy atom. The Morgan fingerprint density at radius 1 is 1.15 bits per heavy atom. The standard InChI is InChI=1S/C24H21ClN2O5S/c1-13-22(33-14(2)26-13)12-20(24(31)32)27-23(30)18-8-7-16(11-19(18)25)21(29)9-6-15-4-3-5-17(28)10-15/h3-5,7-8,10-12,28H,6,9H2,1-2H3,(H,27,30)(H,31,32). The number of rotatable bonds is 8. The van der Waals surface area contributed by atoms with Crippen LogP contribution < -0.4 is 5.32 Å². The lowest BCUT2D eigenvalue weighted by Gasteiger charge is -2.09. The molecule has 3 N–H and O–H groups in total. The van der Waals surface area contributed by atoms with Gasteiger partial charge >= 0.3 is 5.97 Å². The number of phenols is 1. The summed E-state index contributed by atoms with van der Waals surface area (Å²) in [7, 11) is 0. The van der Waals surface area contributed by atoms with Crippen LogP contribution in [0.5, 0.6) is 5.75 Å². The number of hydrogen-bond donors (Lipinski definition) is 3. The number of aryl methyl sites for hydroxylation is 3. The van der Waals surface area contributed by atoms with Crippen LogP contribution in [0.15, 0.2) is 48.2 Å². The van der Waals surface area contributed by atoms with E-state index in [1.165, 1.54) is 35.6 Å². The van der Waals surface area contributed by atoms with Gasteiger partial charge in [-0.15, -0.1) is 11.3 Å². The van der Waals surface area contributed by atoms with Crippen molar-refractivity contribution in [3.63, 3.8) is 0 Å². The number of aliphatic carboxylic acids is 1. The van der Waals surface area contributed by atoms with Crippen LogP contribution in [-0.2, 0) is 11.2 Å². The molecule has 0 aliphatic rings. The number of carboxylic acid groups (broad SMARTS) is 1. The molecule has 3 aromatic rings. The van der Waals surface area contributed by atoms with Crippen molar-refractivity contribution in [2.45, 2.75) is 26.7 Å². The van der Waals surface area contributed by atoms with Gasteiger partial charge in [0.05, 0.1) is 26.2 Å². The van der Waals surface area contributed by atoms with Gasteiger partial charge in [0.1, 0.15) is 11.4 Å². The number of carboxylic acids is 1. The Bertz CT molecular complexity index is 1270. The van der Waals surface area contributed by atoms with Gasteiger partial charge in [0.2, 0.25) is 0 Å². The fourth-order valence-electron chi connectivity index (χ4n) is 3.14. The molecule has 0 aliphatic carbocycles. The topological polar surface area (TPSA) is 117 Å². The lowest BCUT2D eigenvalue weighted by Crippen LogP contribution is -2.27. The second-order valence-corrected chi connectivity index (χ2v) is 8.93. The van der Waals surface area contributed by atoms with Gasteiger partial charge in [-0.05, 0) is 56.2 Å². The molecule has 0 radical (unpaired) electrons. The van der Waals surface area contributed by atoms with E-state index < -0.39 is 11.9 Å². The van der Waals surface area contributed by atoms with E-state index in [4.69, 9.17) is 11.6 Å². The molecule has 1 heterocycles. The number of halogens is 1. The van der Waals surface area contributed by atoms with Gasteiger partial charge in [-0.3, -0.25) is 9.59 Å². The zero-order valence-electron chi connectivity index (χ0n) is 17.9. The van der Waals surface area contributed by atoms with Crippen LogP contribution >= 0.6 is 22.9 Å². The van der Waals surface area contributed by atoms with E-state index >= 15 is 0 Å². The molecule has 0 atom stereocenters. The number of nitrogens with one attached hydrogen (secondary N) is 1. The van der Waals surface area contributed by atoms with Crippen LogP contribution in [-0.4, -0.2) is 32.9 Å². The van der Waals surface area contributed by atoms with E-state index in [9.17, 15) is 24.6 Å². The molecular formula is C24H21ClN2O5S. The highest BCUT2D eigenvalue weighted by Gasteiger charge is 2.18. The number of benzene rings is 2. The van der Waals surface area contributed by atoms with E-state index in [1.807, 2.05) is 6.07 Å². The molecule has 2 aromatic carbocycles. The highest BCUT2D eigenvalue weighted by molar-refractivity contribution is 7.12. The number of carbonyl (C=O) groups is 3. The molecular weight excluding hydrogens is 464 g/mol. The zero-order valence-corrected chi connectivity index (χ0v) is 19.5. The van der Waals surface area contributed by atoms with Gasteiger partial charge in [-0.2, -0.15) is 0 Å². The summed E-state index contributed by atoms with van der Waals surface area (Å²) < 4.78 is 0.